The molecule has 0 bridgehead atoms. The zero-order chi connectivity index (χ0) is 17.1. The number of para-hydroxylation sites is 1. The maximum absolute atomic E-state index is 5.93. The summed E-state index contributed by atoms with van der Waals surface area (Å²) in [6.45, 7) is 0.550. The molecule has 0 aliphatic carbocycles. The van der Waals surface area contributed by atoms with Crippen LogP contribution >= 0.6 is 24.0 Å². The summed E-state index contributed by atoms with van der Waals surface area (Å²) in [7, 11) is 0. The fourth-order valence-corrected chi connectivity index (χ4v) is 2.64. The molecule has 26 heavy (non-hydrogen) atoms. The molecule has 0 amide bonds. The molecule has 0 unspecified atom stereocenters. The summed E-state index contributed by atoms with van der Waals surface area (Å²) < 4.78 is 5.37. The van der Waals surface area contributed by atoms with Gasteiger partial charge in [-0.25, -0.2) is 4.98 Å². The highest BCUT2D eigenvalue weighted by molar-refractivity contribution is 6.30. The number of halogens is 2. The van der Waals surface area contributed by atoms with E-state index in [1.807, 2.05) is 60.7 Å². The fourth-order valence-electron chi connectivity index (χ4n) is 2.51. The molecule has 2 aromatic heterocycles. The number of hydrogen-bond donors (Lipinski definition) is 2. The number of anilines is 3. The van der Waals surface area contributed by atoms with Gasteiger partial charge < -0.3 is 15.1 Å². The maximum atomic E-state index is 5.93. The van der Waals surface area contributed by atoms with E-state index in [1.165, 1.54) is 0 Å². The van der Waals surface area contributed by atoms with E-state index in [2.05, 4.69) is 20.6 Å². The lowest BCUT2D eigenvalue weighted by Gasteiger charge is -2.11. The van der Waals surface area contributed by atoms with E-state index in [9.17, 15) is 0 Å². The number of aromatic nitrogens is 2. The SMILES string of the molecule is Cl.Clc1ccc(Nc2nc(NCc3ccco3)c3ccccc3n2)cc1. The van der Waals surface area contributed by atoms with Crippen molar-refractivity contribution < 1.29 is 4.42 Å². The van der Waals surface area contributed by atoms with Crippen molar-refractivity contribution in [2.75, 3.05) is 10.6 Å². The number of nitrogens with zero attached hydrogens (tertiary/aromatic N) is 2. The van der Waals surface area contributed by atoms with Gasteiger partial charge in [0.25, 0.3) is 0 Å². The Balaban J connectivity index is 0.00000196. The fraction of sp³-hybridized carbons (Fsp3) is 0.0526. The molecule has 0 fully saturated rings. The van der Waals surface area contributed by atoms with Crippen LogP contribution in [0.2, 0.25) is 5.02 Å². The second-order valence-electron chi connectivity index (χ2n) is 5.48. The molecule has 5 nitrogen and oxygen atoms in total. The average Bonchev–Trinajstić information content (AvgIpc) is 3.15. The number of hydrogen-bond acceptors (Lipinski definition) is 5. The predicted octanol–water partition coefficient (Wildman–Crippen LogP) is 5.65. The van der Waals surface area contributed by atoms with Crippen molar-refractivity contribution in [1.29, 1.82) is 0 Å². The molecule has 2 N–H and O–H groups in total. The molecule has 0 aliphatic heterocycles. The Morgan fingerprint density at radius 1 is 0.923 bits per heavy atom. The van der Waals surface area contributed by atoms with E-state index in [0.29, 0.717) is 17.5 Å². The van der Waals surface area contributed by atoms with E-state index in [1.54, 1.807) is 6.26 Å². The molecule has 0 radical (unpaired) electrons. The first-order valence-electron chi connectivity index (χ1n) is 7.83. The smallest absolute Gasteiger partial charge is 0.229 e. The zero-order valence-electron chi connectivity index (χ0n) is 13.6. The van der Waals surface area contributed by atoms with Gasteiger partial charge in [0, 0.05) is 16.1 Å². The van der Waals surface area contributed by atoms with E-state index < -0.39 is 0 Å². The Hall–Kier alpha value is -2.76. The van der Waals surface area contributed by atoms with Crippen LogP contribution < -0.4 is 10.6 Å². The first-order valence-corrected chi connectivity index (χ1v) is 8.21. The van der Waals surface area contributed by atoms with Crippen molar-refractivity contribution in [3.8, 4) is 0 Å². The van der Waals surface area contributed by atoms with Crippen LogP contribution in [0.1, 0.15) is 5.76 Å². The van der Waals surface area contributed by atoms with Crippen LogP contribution in [0, 0.1) is 0 Å². The standard InChI is InChI=1S/C19H15ClN4O.ClH/c20-13-7-9-14(10-8-13)22-19-23-17-6-2-1-5-16(17)18(24-19)21-12-15-4-3-11-25-15;/h1-11H,12H2,(H2,21,22,23,24);1H. The second kappa shape index (κ2) is 8.08. The van der Waals surface area contributed by atoms with Crippen molar-refractivity contribution in [2.45, 2.75) is 6.54 Å². The first kappa shape index (κ1) is 18.0. The van der Waals surface area contributed by atoms with Crippen molar-refractivity contribution in [1.82, 2.24) is 9.97 Å². The minimum Gasteiger partial charge on any atom is -0.467 e. The molecule has 0 spiro atoms. The van der Waals surface area contributed by atoms with Gasteiger partial charge >= 0.3 is 0 Å². The molecule has 0 saturated heterocycles. The third-order valence-electron chi connectivity index (χ3n) is 3.71. The van der Waals surface area contributed by atoms with Crippen molar-refractivity contribution in [3.63, 3.8) is 0 Å². The maximum Gasteiger partial charge on any atom is 0.229 e. The molecular formula is C19H16Cl2N4O. The van der Waals surface area contributed by atoms with Gasteiger partial charge in [0.15, 0.2) is 0 Å². The van der Waals surface area contributed by atoms with E-state index in [0.717, 1.165) is 28.2 Å². The van der Waals surface area contributed by atoms with Gasteiger partial charge in [-0.15, -0.1) is 12.4 Å². The van der Waals surface area contributed by atoms with Gasteiger partial charge in [0.05, 0.1) is 18.3 Å². The summed E-state index contributed by atoms with van der Waals surface area (Å²) in [5.41, 5.74) is 1.73. The lowest BCUT2D eigenvalue weighted by atomic mass is 10.2. The molecule has 4 aromatic rings. The third-order valence-corrected chi connectivity index (χ3v) is 3.97. The van der Waals surface area contributed by atoms with Crippen LogP contribution in [0.5, 0.6) is 0 Å². The highest BCUT2D eigenvalue weighted by atomic mass is 35.5. The van der Waals surface area contributed by atoms with Crippen LogP contribution in [0.4, 0.5) is 17.5 Å². The molecule has 0 saturated carbocycles. The van der Waals surface area contributed by atoms with Gasteiger partial charge in [-0.2, -0.15) is 4.98 Å². The summed E-state index contributed by atoms with van der Waals surface area (Å²) in [5, 5.41) is 8.17. The Labute approximate surface area is 161 Å². The van der Waals surface area contributed by atoms with Crippen LogP contribution in [-0.4, -0.2) is 9.97 Å². The molecular weight excluding hydrogens is 371 g/mol. The van der Waals surface area contributed by atoms with Gasteiger partial charge in [0.1, 0.15) is 11.6 Å². The summed E-state index contributed by atoms with van der Waals surface area (Å²) in [6.07, 6.45) is 1.66. The molecule has 2 heterocycles. The number of furan rings is 1. The topological polar surface area (TPSA) is 63.0 Å². The van der Waals surface area contributed by atoms with Gasteiger partial charge in [-0.05, 0) is 48.5 Å². The summed E-state index contributed by atoms with van der Waals surface area (Å²) in [4.78, 5) is 9.19. The first-order chi connectivity index (χ1) is 12.3. The average molecular weight is 387 g/mol. The molecule has 0 atom stereocenters. The minimum atomic E-state index is 0. The molecule has 7 heteroatoms. The van der Waals surface area contributed by atoms with Crippen molar-refractivity contribution >= 4 is 52.4 Å². The largest absolute Gasteiger partial charge is 0.467 e. The highest BCUT2D eigenvalue weighted by Gasteiger charge is 2.08. The lowest BCUT2D eigenvalue weighted by molar-refractivity contribution is 0.518. The summed E-state index contributed by atoms with van der Waals surface area (Å²) in [5.74, 6) is 2.11. The lowest BCUT2D eigenvalue weighted by Crippen LogP contribution is -2.05. The molecule has 2 aromatic carbocycles. The summed E-state index contributed by atoms with van der Waals surface area (Å²) in [6, 6.07) is 19.1. The molecule has 0 aliphatic rings. The van der Waals surface area contributed by atoms with Crippen molar-refractivity contribution in [3.05, 3.63) is 77.7 Å². The molecule has 4 rings (SSSR count). The van der Waals surface area contributed by atoms with E-state index in [4.69, 9.17) is 16.0 Å². The normalized spacial score (nSPS) is 10.3. The zero-order valence-corrected chi connectivity index (χ0v) is 15.2. The van der Waals surface area contributed by atoms with E-state index >= 15 is 0 Å². The Morgan fingerprint density at radius 3 is 2.50 bits per heavy atom. The van der Waals surface area contributed by atoms with E-state index in [-0.39, 0.29) is 12.4 Å². The highest BCUT2D eigenvalue weighted by Crippen LogP contribution is 2.24. The Bertz CT molecular complexity index is 988. The third kappa shape index (κ3) is 4.07. The number of nitrogens with one attached hydrogen (secondary N) is 2. The Morgan fingerprint density at radius 2 is 1.73 bits per heavy atom. The van der Waals surface area contributed by atoms with Gasteiger partial charge in [0.2, 0.25) is 5.95 Å². The van der Waals surface area contributed by atoms with Crippen LogP contribution in [0.3, 0.4) is 0 Å². The minimum absolute atomic E-state index is 0. The van der Waals surface area contributed by atoms with Crippen LogP contribution in [0.15, 0.2) is 71.3 Å². The molecule has 132 valence electrons. The van der Waals surface area contributed by atoms with Gasteiger partial charge in [-0.3, -0.25) is 0 Å². The second-order valence-corrected chi connectivity index (χ2v) is 5.91. The quantitative estimate of drug-likeness (QED) is 0.463. The number of benzene rings is 2. The van der Waals surface area contributed by atoms with Crippen molar-refractivity contribution in [2.24, 2.45) is 0 Å². The van der Waals surface area contributed by atoms with Crippen LogP contribution in [0.25, 0.3) is 10.9 Å². The monoisotopic (exact) mass is 386 g/mol. The summed E-state index contributed by atoms with van der Waals surface area (Å²) >= 11 is 5.93. The predicted molar refractivity (Wildman–Crippen MR) is 108 cm³/mol. The van der Waals surface area contributed by atoms with Crippen LogP contribution in [-0.2, 0) is 6.54 Å². The number of rotatable bonds is 5. The number of fused-ring (bicyclic) bond motifs is 1. The Kier molecular flexibility index (Phi) is 5.61. The van der Waals surface area contributed by atoms with Gasteiger partial charge in [-0.1, -0.05) is 23.7 Å².